The molecule has 2 aromatic rings. The van der Waals surface area contributed by atoms with E-state index in [4.69, 9.17) is 11.6 Å². The van der Waals surface area contributed by atoms with Crippen LogP contribution in [0.25, 0.3) is 0 Å². The van der Waals surface area contributed by atoms with E-state index in [2.05, 4.69) is 5.32 Å². The SMILES string of the molecule is Cc1c(Cl)cccc1S(=O)(=O)N1CCCC(NC(=O)c2cc(F)cc(F)c2)C1. The predicted molar refractivity (Wildman–Crippen MR) is 102 cm³/mol. The van der Waals surface area contributed by atoms with E-state index in [-0.39, 0.29) is 17.0 Å². The van der Waals surface area contributed by atoms with Crippen LogP contribution in [0.15, 0.2) is 41.3 Å². The van der Waals surface area contributed by atoms with Crippen LogP contribution in [0.5, 0.6) is 0 Å². The van der Waals surface area contributed by atoms with Gasteiger partial charge in [0, 0.05) is 35.8 Å². The molecule has 1 N–H and O–H groups in total. The number of rotatable bonds is 4. The highest BCUT2D eigenvalue weighted by Crippen LogP contribution is 2.27. The minimum absolute atomic E-state index is 0.0673. The van der Waals surface area contributed by atoms with Crippen LogP contribution < -0.4 is 5.32 Å². The number of benzene rings is 2. The van der Waals surface area contributed by atoms with Crippen molar-refractivity contribution in [2.24, 2.45) is 0 Å². The number of carbonyl (C=O) groups is 1. The molecule has 0 saturated carbocycles. The number of sulfonamides is 1. The number of carbonyl (C=O) groups excluding carboxylic acids is 1. The van der Waals surface area contributed by atoms with Crippen LogP contribution in [0.3, 0.4) is 0 Å². The number of nitrogens with one attached hydrogen (secondary N) is 1. The van der Waals surface area contributed by atoms with Crippen molar-refractivity contribution in [2.75, 3.05) is 13.1 Å². The smallest absolute Gasteiger partial charge is 0.251 e. The molecule has 3 rings (SSSR count). The molecule has 1 saturated heterocycles. The van der Waals surface area contributed by atoms with E-state index in [1.165, 1.54) is 10.4 Å². The molecule has 2 aromatic carbocycles. The second-order valence-corrected chi connectivity index (χ2v) is 9.01. The van der Waals surface area contributed by atoms with Crippen molar-refractivity contribution in [1.82, 2.24) is 9.62 Å². The molecule has 0 aliphatic carbocycles. The molecular formula is C19H19ClF2N2O3S. The van der Waals surface area contributed by atoms with E-state index in [1.807, 2.05) is 0 Å². The maximum absolute atomic E-state index is 13.3. The lowest BCUT2D eigenvalue weighted by Crippen LogP contribution is -2.49. The average molecular weight is 429 g/mol. The summed E-state index contributed by atoms with van der Waals surface area (Å²) in [4.78, 5) is 12.4. The van der Waals surface area contributed by atoms with Crippen molar-refractivity contribution in [3.05, 3.63) is 64.2 Å². The zero-order valence-electron chi connectivity index (χ0n) is 15.1. The van der Waals surface area contributed by atoms with Crippen LogP contribution in [-0.4, -0.2) is 37.8 Å². The van der Waals surface area contributed by atoms with Gasteiger partial charge in [-0.2, -0.15) is 4.31 Å². The first-order valence-corrected chi connectivity index (χ1v) is 10.5. The van der Waals surface area contributed by atoms with Crippen LogP contribution in [0, 0.1) is 18.6 Å². The van der Waals surface area contributed by atoms with Gasteiger partial charge in [0.1, 0.15) is 11.6 Å². The highest BCUT2D eigenvalue weighted by atomic mass is 35.5. The average Bonchev–Trinajstić information content (AvgIpc) is 2.63. The summed E-state index contributed by atoms with van der Waals surface area (Å²) in [5.74, 6) is -2.36. The summed E-state index contributed by atoms with van der Waals surface area (Å²) in [6.07, 6.45) is 1.10. The van der Waals surface area contributed by atoms with Gasteiger partial charge in [0.2, 0.25) is 10.0 Å². The molecule has 0 aromatic heterocycles. The topological polar surface area (TPSA) is 66.5 Å². The lowest BCUT2D eigenvalue weighted by Gasteiger charge is -2.32. The Labute approximate surface area is 167 Å². The normalized spacial score (nSPS) is 18.1. The van der Waals surface area contributed by atoms with Crippen molar-refractivity contribution in [2.45, 2.75) is 30.7 Å². The Hall–Kier alpha value is -2.03. The van der Waals surface area contributed by atoms with Gasteiger partial charge >= 0.3 is 0 Å². The van der Waals surface area contributed by atoms with Gasteiger partial charge in [-0.25, -0.2) is 17.2 Å². The summed E-state index contributed by atoms with van der Waals surface area (Å²) in [5, 5.41) is 3.02. The molecule has 1 aliphatic heterocycles. The summed E-state index contributed by atoms with van der Waals surface area (Å²) in [7, 11) is -3.78. The first-order chi connectivity index (χ1) is 13.2. The van der Waals surface area contributed by atoms with Crippen molar-refractivity contribution in [3.8, 4) is 0 Å². The maximum atomic E-state index is 13.3. The fourth-order valence-electron chi connectivity index (χ4n) is 3.24. The van der Waals surface area contributed by atoms with E-state index in [1.54, 1.807) is 19.1 Å². The zero-order chi connectivity index (χ0) is 20.5. The third-order valence-electron chi connectivity index (χ3n) is 4.68. The van der Waals surface area contributed by atoms with E-state index >= 15 is 0 Å². The first-order valence-electron chi connectivity index (χ1n) is 8.70. The van der Waals surface area contributed by atoms with Gasteiger partial charge in [0.25, 0.3) is 5.91 Å². The molecule has 0 bridgehead atoms. The zero-order valence-corrected chi connectivity index (χ0v) is 16.7. The third kappa shape index (κ3) is 4.34. The summed E-state index contributed by atoms with van der Waals surface area (Å²) in [6, 6.07) is 6.77. The summed E-state index contributed by atoms with van der Waals surface area (Å²) in [6.45, 7) is 2.02. The molecular weight excluding hydrogens is 410 g/mol. The fraction of sp³-hybridized carbons (Fsp3) is 0.316. The minimum Gasteiger partial charge on any atom is -0.348 e. The highest BCUT2D eigenvalue weighted by Gasteiger charge is 2.32. The lowest BCUT2D eigenvalue weighted by atomic mass is 10.1. The van der Waals surface area contributed by atoms with Gasteiger partial charge in [-0.1, -0.05) is 17.7 Å². The Bertz CT molecular complexity index is 994. The van der Waals surface area contributed by atoms with Gasteiger partial charge < -0.3 is 5.32 Å². The molecule has 1 unspecified atom stereocenters. The Morgan fingerprint density at radius 1 is 1.21 bits per heavy atom. The van der Waals surface area contributed by atoms with Crippen LogP contribution in [0.1, 0.15) is 28.8 Å². The van der Waals surface area contributed by atoms with E-state index in [0.29, 0.717) is 36.0 Å². The first kappa shape index (κ1) is 20.7. The Balaban J connectivity index is 1.76. The number of hydrogen-bond acceptors (Lipinski definition) is 3. The van der Waals surface area contributed by atoms with E-state index in [9.17, 15) is 22.0 Å². The predicted octanol–water partition coefficient (Wildman–Crippen LogP) is 3.51. The van der Waals surface area contributed by atoms with Crippen molar-refractivity contribution in [3.63, 3.8) is 0 Å². The number of piperidine rings is 1. The van der Waals surface area contributed by atoms with Gasteiger partial charge in [-0.05, 0) is 49.6 Å². The number of halogens is 3. The number of amides is 1. The number of nitrogens with zero attached hydrogens (tertiary/aromatic N) is 1. The molecule has 5 nitrogen and oxygen atoms in total. The molecule has 1 heterocycles. The molecule has 9 heteroatoms. The summed E-state index contributed by atoms with van der Waals surface area (Å²) >= 11 is 6.05. The fourth-order valence-corrected chi connectivity index (χ4v) is 5.24. The second-order valence-electron chi connectivity index (χ2n) is 6.70. The minimum atomic E-state index is -3.78. The van der Waals surface area contributed by atoms with E-state index in [0.717, 1.165) is 12.1 Å². The molecule has 0 spiro atoms. The van der Waals surface area contributed by atoms with Crippen molar-refractivity contribution < 1.29 is 22.0 Å². The van der Waals surface area contributed by atoms with Crippen LogP contribution in [0.2, 0.25) is 5.02 Å². The standard InChI is InChI=1S/C19H19ClF2N2O3S/c1-12-17(20)5-2-6-18(12)28(26,27)24-7-3-4-16(11-24)23-19(25)13-8-14(21)10-15(22)9-13/h2,5-6,8-10,16H,3-4,7,11H2,1H3,(H,23,25). The molecule has 1 atom stereocenters. The van der Waals surface area contributed by atoms with Gasteiger partial charge in [0.05, 0.1) is 4.90 Å². The van der Waals surface area contributed by atoms with Gasteiger partial charge in [-0.15, -0.1) is 0 Å². The third-order valence-corrected chi connectivity index (χ3v) is 7.10. The van der Waals surface area contributed by atoms with Crippen LogP contribution in [0.4, 0.5) is 8.78 Å². The van der Waals surface area contributed by atoms with Crippen molar-refractivity contribution >= 4 is 27.5 Å². The second kappa shape index (κ2) is 8.14. The monoisotopic (exact) mass is 428 g/mol. The van der Waals surface area contributed by atoms with Crippen LogP contribution in [-0.2, 0) is 10.0 Å². The summed E-state index contributed by atoms with van der Waals surface area (Å²) in [5.41, 5.74) is 0.314. The molecule has 150 valence electrons. The lowest BCUT2D eigenvalue weighted by molar-refractivity contribution is 0.0920. The van der Waals surface area contributed by atoms with Crippen LogP contribution >= 0.6 is 11.6 Å². The van der Waals surface area contributed by atoms with E-state index < -0.39 is 33.6 Å². The number of hydrogen-bond donors (Lipinski definition) is 1. The molecule has 28 heavy (non-hydrogen) atoms. The van der Waals surface area contributed by atoms with Gasteiger partial charge in [0.15, 0.2) is 0 Å². The molecule has 1 amide bonds. The van der Waals surface area contributed by atoms with Crippen molar-refractivity contribution in [1.29, 1.82) is 0 Å². The highest BCUT2D eigenvalue weighted by molar-refractivity contribution is 7.89. The quantitative estimate of drug-likeness (QED) is 0.810. The Morgan fingerprint density at radius 2 is 1.89 bits per heavy atom. The maximum Gasteiger partial charge on any atom is 0.251 e. The van der Waals surface area contributed by atoms with Gasteiger partial charge in [-0.3, -0.25) is 4.79 Å². The molecule has 1 aliphatic rings. The molecule has 1 fully saturated rings. The molecule has 0 radical (unpaired) electrons. The summed E-state index contributed by atoms with van der Waals surface area (Å²) < 4.78 is 54.0. The largest absolute Gasteiger partial charge is 0.348 e. The Kier molecular flexibility index (Phi) is 6.02. The Morgan fingerprint density at radius 3 is 2.57 bits per heavy atom.